The van der Waals surface area contributed by atoms with Crippen LogP contribution in [0.1, 0.15) is 60.7 Å². The maximum absolute atomic E-state index is 13.6. The Balaban J connectivity index is 1.25. The van der Waals surface area contributed by atoms with Gasteiger partial charge in [0.15, 0.2) is 12.4 Å². The molecule has 38 heavy (non-hydrogen) atoms. The summed E-state index contributed by atoms with van der Waals surface area (Å²) in [6.07, 6.45) is 2.65. The van der Waals surface area contributed by atoms with Crippen LogP contribution in [0.4, 0.5) is 0 Å². The van der Waals surface area contributed by atoms with E-state index in [-0.39, 0.29) is 33.1 Å². The number of hydrogen-bond acceptors (Lipinski definition) is 5. The van der Waals surface area contributed by atoms with Crippen LogP contribution in [0.5, 0.6) is 0 Å². The third-order valence-corrected chi connectivity index (χ3v) is 9.59. The molecule has 2 unspecified atom stereocenters. The summed E-state index contributed by atoms with van der Waals surface area (Å²) in [6.45, 7) is 6.61. The first kappa shape index (κ1) is 26.3. The number of nitrogens with zero attached hydrogens (tertiary/aromatic N) is 1. The SMILES string of the molecule is CC1(C)CC2CC(C)(CN2S(=O)(=O)c2cccc(C(=O)OCC(=O)c3ccc(-c4ccccc4)cc3)c2)C1. The number of hydrogen-bond donors (Lipinski definition) is 0. The van der Waals surface area contributed by atoms with Crippen LogP contribution in [0.15, 0.2) is 83.8 Å². The van der Waals surface area contributed by atoms with Gasteiger partial charge < -0.3 is 4.74 Å². The second kappa shape index (κ2) is 9.79. The maximum Gasteiger partial charge on any atom is 0.338 e. The molecule has 1 saturated carbocycles. The van der Waals surface area contributed by atoms with E-state index in [0.717, 1.165) is 30.4 Å². The Labute approximate surface area is 224 Å². The van der Waals surface area contributed by atoms with E-state index in [1.54, 1.807) is 22.5 Å². The summed E-state index contributed by atoms with van der Waals surface area (Å²) in [4.78, 5) is 25.5. The molecule has 5 rings (SSSR count). The fourth-order valence-corrected chi connectivity index (χ4v) is 8.21. The molecule has 1 saturated heterocycles. The van der Waals surface area contributed by atoms with Gasteiger partial charge in [0.25, 0.3) is 0 Å². The number of sulfonamides is 1. The van der Waals surface area contributed by atoms with E-state index < -0.39 is 22.6 Å². The van der Waals surface area contributed by atoms with Gasteiger partial charge in [0.05, 0.1) is 10.5 Å². The maximum atomic E-state index is 13.6. The van der Waals surface area contributed by atoms with Gasteiger partial charge in [-0.1, -0.05) is 81.4 Å². The van der Waals surface area contributed by atoms with Crippen molar-refractivity contribution in [2.24, 2.45) is 10.8 Å². The lowest BCUT2D eigenvalue weighted by atomic mass is 9.65. The molecule has 1 aliphatic heterocycles. The highest BCUT2D eigenvalue weighted by Gasteiger charge is 2.53. The van der Waals surface area contributed by atoms with E-state index in [2.05, 4.69) is 20.8 Å². The Bertz CT molecular complexity index is 1460. The number of carbonyl (C=O) groups excluding carboxylic acids is 2. The van der Waals surface area contributed by atoms with Gasteiger partial charge in [-0.25, -0.2) is 13.2 Å². The monoisotopic (exact) mass is 531 g/mol. The summed E-state index contributed by atoms with van der Waals surface area (Å²) in [5, 5.41) is 0. The molecule has 6 nitrogen and oxygen atoms in total. The summed E-state index contributed by atoms with van der Waals surface area (Å²) < 4.78 is 34.1. The lowest BCUT2D eigenvalue weighted by molar-refractivity contribution is 0.0474. The summed E-state index contributed by atoms with van der Waals surface area (Å²) >= 11 is 0. The molecule has 0 spiro atoms. The summed E-state index contributed by atoms with van der Waals surface area (Å²) in [5.41, 5.74) is 2.61. The quantitative estimate of drug-likeness (QED) is 0.277. The Morgan fingerprint density at radius 1 is 0.868 bits per heavy atom. The Morgan fingerprint density at radius 3 is 2.26 bits per heavy atom. The molecular formula is C31H33NO5S. The van der Waals surface area contributed by atoms with E-state index in [1.807, 2.05) is 42.5 Å². The van der Waals surface area contributed by atoms with Crippen molar-refractivity contribution >= 4 is 21.8 Å². The van der Waals surface area contributed by atoms with Crippen LogP contribution in [0.2, 0.25) is 0 Å². The standard InChI is InChI=1S/C31H33NO5S/c1-30(2)17-26-18-31(3,20-30)21-32(26)38(35,36)27-11-7-10-25(16-27)29(34)37-19-28(33)24-14-12-23(13-15-24)22-8-5-4-6-9-22/h4-16,26H,17-21H2,1-3H3. The average molecular weight is 532 g/mol. The molecule has 2 aliphatic rings. The van der Waals surface area contributed by atoms with Crippen LogP contribution < -0.4 is 0 Å². The number of fused-ring (bicyclic) bond motifs is 2. The minimum Gasteiger partial charge on any atom is -0.454 e. The number of esters is 1. The van der Waals surface area contributed by atoms with Crippen molar-refractivity contribution in [1.82, 2.24) is 4.31 Å². The van der Waals surface area contributed by atoms with E-state index in [4.69, 9.17) is 4.74 Å². The minimum atomic E-state index is -3.78. The van der Waals surface area contributed by atoms with Crippen LogP contribution in [0.3, 0.4) is 0 Å². The predicted molar refractivity (Wildman–Crippen MR) is 146 cm³/mol. The summed E-state index contributed by atoms with van der Waals surface area (Å²) in [7, 11) is -3.78. The minimum absolute atomic E-state index is 0.0459. The molecule has 2 atom stereocenters. The largest absolute Gasteiger partial charge is 0.454 e. The molecule has 2 fully saturated rings. The Kier molecular flexibility index (Phi) is 6.78. The second-order valence-corrected chi connectivity index (χ2v) is 13.6. The molecule has 3 aromatic carbocycles. The number of rotatable bonds is 7. The molecule has 1 aliphatic carbocycles. The van der Waals surface area contributed by atoms with Gasteiger partial charge in [-0.15, -0.1) is 0 Å². The van der Waals surface area contributed by atoms with Crippen molar-refractivity contribution in [3.05, 3.63) is 90.0 Å². The highest BCUT2D eigenvalue weighted by atomic mass is 32.2. The van der Waals surface area contributed by atoms with Gasteiger partial charge in [0.2, 0.25) is 10.0 Å². The first-order valence-corrected chi connectivity index (χ1v) is 14.4. The predicted octanol–water partition coefficient (Wildman–Crippen LogP) is 5.98. The van der Waals surface area contributed by atoms with Crippen molar-refractivity contribution in [1.29, 1.82) is 0 Å². The fourth-order valence-electron chi connectivity index (χ4n) is 6.39. The van der Waals surface area contributed by atoms with Crippen LogP contribution in [0, 0.1) is 10.8 Å². The highest BCUT2D eigenvalue weighted by Crippen LogP contribution is 2.53. The summed E-state index contributed by atoms with van der Waals surface area (Å²) in [6, 6.07) is 22.8. The van der Waals surface area contributed by atoms with Gasteiger partial charge >= 0.3 is 5.97 Å². The lowest BCUT2D eigenvalue weighted by Gasteiger charge is -2.39. The molecular weight excluding hydrogens is 498 g/mol. The molecule has 1 heterocycles. The normalized spacial score (nSPS) is 22.7. The number of benzene rings is 3. The molecule has 198 valence electrons. The van der Waals surface area contributed by atoms with E-state index >= 15 is 0 Å². The topological polar surface area (TPSA) is 80.8 Å². The second-order valence-electron chi connectivity index (χ2n) is 11.7. The zero-order valence-electron chi connectivity index (χ0n) is 22.0. The first-order valence-electron chi connectivity index (χ1n) is 12.9. The van der Waals surface area contributed by atoms with Gasteiger partial charge in [-0.05, 0) is 59.4 Å². The molecule has 0 amide bonds. The first-order chi connectivity index (χ1) is 18.0. The van der Waals surface area contributed by atoms with Crippen LogP contribution in [-0.2, 0) is 14.8 Å². The molecule has 2 bridgehead atoms. The van der Waals surface area contributed by atoms with Gasteiger partial charge in [-0.2, -0.15) is 4.31 Å². The third-order valence-electron chi connectivity index (χ3n) is 7.69. The zero-order chi connectivity index (χ0) is 27.1. The third kappa shape index (κ3) is 5.31. The molecule has 0 aromatic heterocycles. The number of ketones is 1. The number of Topliss-reactive ketones (excluding diaryl/α,β-unsaturated/α-hetero) is 1. The van der Waals surface area contributed by atoms with Crippen molar-refractivity contribution in [3.63, 3.8) is 0 Å². The van der Waals surface area contributed by atoms with Gasteiger partial charge in [-0.3, -0.25) is 4.79 Å². The van der Waals surface area contributed by atoms with Crippen molar-refractivity contribution < 1.29 is 22.7 Å². The molecule has 7 heteroatoms. The van der Waals surface area contributed by atoms with Crippen molar-refractivity contribution in [2.45, 2.75) is 51.0 Å². The van der Waals surface area contributed by atoms with Crippen LogP contribution in [-0.4, -0.2) is 43.7 Å². The molecule has 0 N–H and O–H groups in total. The zero-order valence-corrected chi connectivity index (χ0v) is 22.8. The Morgan fingerprint density at radius 2 is 1.55 bits per heavy atom. The van der Waals surface area contributed by atoms with Gasteiger partial charge in [0.1, 0.15) is 0 Å². The van der Waals surface area contributed by atoms with E-state index in [9.17, 15) is 18.0 Å². The Hall–Kier alpha value is -3.29. The smallest absolute Gasteiger partial charge is 0.338 e. The van der Waals surface area contributed by atoms with Crippen molar-refractivity contribution in [3.8, 4) is 11.1 Å². The number of ether oxygens (including phenoxy) is 1. The lowest BCUT2D eigenvalue weighted by Crippen LogP contribution is -2.37. The van der Waals surface area contributed by atoms with Crippen LogP contribution in [0.25, 0.3) is 11.1 Å². The molecule has 3 aromatic rings. The average Bonchev–Trinajstić information content (AvgIpc) is 3.16. The van der Waals surface area contributed by atoms with Crippen LogP contribution >= 0.6 is 0 Å². The fraction of sp³-hybridized carbons (Fsp3) is 0.355. The van der Waals surface area contributed by atoms with E-state index in [0.29, 0.717) is 12.1 Å². The van der Waals surface area contributed by atoms with Crippen molar-refractivity contribution in [2.75, 3.05) is 13.2 Å². The summed E-state index contributed by atoms with van der Waals surface area (Å²) in [5.74, 6) is -1.06. The highest BCUT2D eigenvalue weighted by molar-refractivity contribution is 7.89. The number of carbonyl (C=O) groups is 2. The van der Waals surface area contributed by atoms with E-state index in [1.165, 1.54) is 18.2 Å². The molecule has 0 radical (unpaired) electrons. The van der Waals surface area contributed by atoms with Gasteiger partial charge in [0, 0.05) is 18.2 Å².